The fourth-order valence-corrected chi connectivity index (χ4v) is 6.98. The Morgan fingerprint density at radius 3 is 1.53 bits per heavy atom. The molecule has 3 aromatic rings. The van der Waals surface area contributed by atoms with Crippen LogP contribution < -0.4 is 0 Å². The molecule has 0 saturated heterocycles. The lowest BCUT2D eigenvalue weighted by molar-refractivity contribution is -0.164. The summed E-state index contributed by atoms with van der Waals surface area (Å²) in [6.45, 7) is 1.09. The molecule has 168 valence electrons. The number of esters is 1. The summed E-state index contributed by atoms with van der Waals surface area (Å²) in [6.07, 6.45) is 0. The summed E-state index contributed by atoms with van der Waals surface area (Å²) in [6, 6.07) is 19.3. The Morgan fingerprint density at radius 1 is 0.781 bits per heavy atom. The van der Waals surface area contributed by atoms with Gasteiger partial charge < -0.3 is 4.74 Å². The lowest BCUT2D eigenvalue weighted by Gasteiger charge is -2.33. The smallest absolute Gasteiger partial charge is 0.366 e. The lowest BCUT2D eigenvalue weighted by Crippen LogP contribution is -2.54. The van der Waals surface area contributed by atoms with Gasteiger partial charge in [0.1, 0.15) is 0 Å². The van der Waals surface area contributed by atoms with Crippen LogP contribution in [0.25, 0.3) is 0 Å². The van der Waals surface area contributed by atoms with Crippen molar-refractivity contribution in [2.45, 2.75) is 22.5 Å². The Hall–Kier alpha value is -3.08. The first-order valence-corrected chi connectivity index (χ1v) is 12.4. The summed E-state index contributed by atoms with van der Waals surface area (Å²) in [5, 5.41) is 0. The number of benzene rings is 3. The zero-order valence-electron chi connectivity index (χ0n) is 17.0. The second kappa shape index (κ2) is 9.19. The van der Waals surface area contributed by atoms with Crippen LogP contribution in [0.3, 0.4) is 0 Å². The Labute approximate surface area is 186 Å². The minimum absolute atomic E-state index is 0.304. The number of nitrogens with zero attached hydrogens (tertiary/aromatic N) is 1. The molecule has 3 rings (SSSR count). The van der Waals surface area contributed by atoms with Gasteiger partial charge in [0.05, 0.1) is 16.4 Å². The molecule has 1 atom stereocenters. The van der Waals surface area contributed by atoms with Crippen LogP contribution in [0.15, 0.2) is 101 Å². The summed E-state index contributed by atoms with van der Waals surface area (Å²) in [7, 11) is -10.2. The molecule has 7 nitrogen and oxygen atoms in total. The fraction of sp³-hybridized carbons (Fsp3) is 0.136. The molecule has 0 spiro atoms. The summed E-state index contributed by atoms with van der Waals surface area (Å²) < 4.78 is 75.6. The molecule has 0 amide bonds. The van der Waals surface area contributed by atoms with Crippen molar-refractivity contribution in [2.24, 2.45) is 0 Å². The van der Waals surface area contributed by atoms with Crippen molar-refractivity contribution in [1.82, 2.24) is 3.71 Å². The van der Waals surface area contributed by atoms with Gasteiger partial charge in [-0.25, -0.2) is 26.0 Å². The maximum absolute atomic E-state index is 16.8. The van der Waals surface area contributed by atoms with Crippen molar-refractivity contribution in [2.75, 3.05) is 6.61 Å². The van der Waals surface area contributed by atoms with E-state index in [9.17, 15) is 21.6 Å². The standard InChI is InChI=1S/C22H20FNO6S2/c1-2-30-21(25)22(23,18-12-6-3-7-13-18)24(31(26,27)19-14-8-4-9-15-19)32(28,29)20-16-10-5-11-17-20/h3-17H,2H2,1H3. The van der Waals surface area contributed by atoms with Gasteiger partial charge in [-0.1, -0.05) is 66.7 Å². The highest BCUT2D eigenvalue weighted by molar-refractivity contribution is 8.04. The molecular weight excluding hydrogens is 457 g/mol. The van der Waals surface area contributed by atoms with E-state index in [1.54, 1.807) is 0 Å². The average Bonchev–Trinajstić information content (AvgIpc) is 2.80. The number of sulfonamides is 2. The second-order valence-electron chi connectivity index (χ2n) is 6.54. The highest BCUT2D eigenvalue weighted by Gasteiger charge is 2.60. The molecule has 0 aliphatic carbocycles. The monoisotopic (exact) mass is 477 g/mol. The average molecular weight is 478 g/mol. The number of halogens is 1. The Morgan fingerprint density at radius 2 is 1.16 bits per heavy atom. The van der Waals surface area contributed by atoms with Crippen LogP contribution in [-0.2, 0) is 35.4 Å². The molecule has 0 N–H and O–H groups in total. The molecule has 3 aromatic carbocycles. The van der Waals surface area contributed by atoms with Crippen molar-refractivity contribution in [3.8, 4) is 0 Å². The predicted octanol–water partition coefficient (Wildman–Crippen LogP) is 3.45. The van der Waals surface area contributed by atoms with Gasteiger partial charge in [0.15, 0.2) is 0 Å². The summed E-state index contributed by atoms with van der Waals surface area (Å²) in [5.41, 5.74) is -0.516. The Kier molecular flexibility index (Phi) is 6.77. The molecule has 0 aliphatic rings. The van der Waals surface area contributed by atoms with E-state index >= 15 is 4.39 Å². The normalized spacial score (nSPS) is 14.0. The van der Waals surface area contributed by atoms with E-state index in [-0.39, 0.29) is 6.61 Å². The van der Waals surface area contributed by atoms with Gasteiger partial charge in [-0.05, 0) is 34.9 Å². The van der Waals surface area contributed by atoms with E-state index in [4.69, 9.17) is 4.74 Å². The van der Waals surface area contributed by atoms with Crippen molar-refractivity contribution in [3.63, 3.8) is 0 Å². The maximum Gasteiger partial charge on any atom is 0.366 e. The van der Waals surface area contributed by atoms with Crippen LogP contribution >= 0.6 is 0 Å². The van der Waals surface area contributed by atoms with Gasteiger partial charge in [0, 0.05) is 5.56 Å². The highest BCUT2D eigenvalue weighted by atomic mass is 32.3. The van der Waals surface area contributed by atoms with Crippen molar-refractivity contribution < 1.29 is 30.8 Å². The number of carbonyl (C=O) groups is 1. The summed E-state index contributed by atoms with van der Waals surface area (Å²) >= 11 is 0. The molecule has 10 heteroatoms. The van der Waals surface area contributed by atoms with E-state index in [0.717, 1.165) is 36.4 Å². The van der Waals surface area contributed by atoms with Crippen molar-refractivity contribution in [1.29, 1.82) is 0 Å². The molecule has 0 bridgehead atoms. The van der Waals surface area contributed by atoms with Gasteiger partial charge in [-0.3, -0.25) is 0 Å². The Bertz CT molecular complexity index is 1210. The molecule has 0 saturated carbocycles. The number of rotatable bonds is 8. The first-order valence-electron chi connectivity index (χ1n) is 9.49. The van der Waals surface area contributed by atoms with Crippen LogP contribution in [0.1, 0.15) is 12.5 Å². The number of carbonyl (C=O) groups excluding carboxylic acids is 1. The zero-order chi connectivity index (χ0) is 23.4. The first-order chi connectivity index (χ1) is 15.2. The fourth-order valence-electron chi connectivity index (χ4n) is 3.02. The number of hydrogen-bond acceptors (Lipinski definition) is 6. The largest absolute Gasteiger partial charge is 0.462 e. The van der Waals surface area contributed by atoms with Gasteiger partial charge in [0.2, 0.25) is 0 Å². The van der Waals surface area contributed by atoms with E-state index in [1.807, 2.05) is 0 Å². The van der Waals surface area contributed by atoms with Gasteiger partial charge in [-0.2, -0.15) is 0 Å². The summed E-state index contributed by atoms with van der Waals surface area (Å²) in [4.78, 5) is 11.9. The summed E-state index contributed by atoms with van der Waals surface area (Å²) in [5.74, 6) is -5.38. The van der Waals surface area contributed by atoms with Gasteiger partial charge >= 0.3 is 11.8 Å². The van der Waals surface area contributed by atoms with E-state index in [0.29, 0.717) is 0 Å². The quantitative estimate of drug-likeness (QED) is 0.364. The lowest BCUT2D eigenvalue weighted by atomic mass is 10.1. The molecule has 0 aromatic heterocycles. The van der Waals surface area contributed by atoms with Crippen LogP contribution in [0, 0.1) is 0 Å². The van der Waals surface area contributed by atoms with Crippen molar-refractivity contribution >= 4 is 26.0 Å². The van der Waals surface area contributed by atoms with Crippen LogP contribution in [-0.4, -0.2) is 33.1 Å². The zero-order valence-corrected chi connectivity index (χ0v) is 18.6. The number of ether oxygens (including phenoxy) is 1. The number of alkyl halides is 1. The molecule has 1 unspecified atom stereocenters. The highest BCUT2D eigenvalue weighted by Crippen LogP contribution is 2.41. The minimum atomic E-state index is -5.11. The topological polar surface area (TPSA) is 97.8 Å². The molecule has 32 heavy (non-hydrogen) atoms. The molecule has 0 heterocycles. The second-order valence-corrected chi connectivity index (χ2v) is 10.3. The van der Waals surface area contributed by atoms with E-state index < -0.39 is 50.9 Å². The third kappa shape index (κ3) is 4.16. The third-order valence-corrected chi connectivity index (χ3v) is 8.76. The minimum Gasteiger partial charge on any atom is -0.462 e. The van der Waals surface area contributed by atoms with Crippen molar-refractivity contribution in [3.05, 3.63) is 96.6 Å². The molecule has 0 fully saturated rings. The molecular formula is C22H20FNO6S2. The number of hydrogen-bond donors (Lipinski definition) is 0. The van der Waals surface area contributed by atoms with Gasteiger partial charge in [-0.15, -0.1) is 0 Å². The SMILES string of the molecule is CCOC(=O)C(F)(c1ccccc1)N(S(=O)(=O)c1ccccc1)S(=O)(=O)c1ccccc1. The third-order valence-electron chi connectivity index (χ3n) is 4.47. The Balaban J connectivity index is 2.41. The van der Waals surface area contributed by atoms with E-state index in [1.165, 1.54) is 61.5 Å². The molecule has 0 aliphatic heterocycles. The van der Waals surface area contributed by atoms with Gasteiger partial charge in [0.25, 0.3) is 20.0 Å². The molecule has 0 radical (unpaired) electrons. The first kappa shape index (κ1) is 23.6. The van der Waals surface area contributed by atoms with E-state index in [2.05, 4.69) is 0 Å². The maximum atomic E-state index is 16.8. The van der Waals surface area contributed by atoms with Crippen LogP contribution in [0.4, 0.5) is 4.39 Å². The van der Waals surface area contributed by atoms with Crippen LogP contribution in [0.5, 0.6) is 0 Å². The van der Waals surface area contributed by atoms with Crippen LogP contribution in [0.2, 0.25) is 0 Å². The predicted molar refractivity (Wildman–Crippen MR) is 115 cm³/mol.